The Bertz CT molecular complexity index is 612. The fourth-order valence-electron chi connectivity index (χ4n) is 2.56. The molecule has 0 bridgehead atoms. The zero-order valence-electron chi connectivity index (χ0n) is 10.2. The van der Waals surface area contributed by atoms with Crippen LogP contribution in [0.3, 0.4) is 0 Å². The molecule has 0 saturated heterocycles. The third-order valence-corrected chi connectivity index (χ3v) is 3.85. The maximum absolute atomic E-state index is 11.4. The molecule has 0 N–H and O–H groups in total. The molecule has 1 heterocycles. The average molecular weight is 264 g/mol. The Kier molecular flexibility index (Phi) is 2.86. The van der Waals surface area contributed by atoms with Gasteiger partial charge in [0.1, 0.15) is 5.52 Å². The fraction of sp³-hybridized carbons (Fsp3) is 0.429. The van der Waals surface area contributed by atoms with Crippen molar-refractivity contribution in [2.75, 3.05) is 0 Å². The Labute approximate surface area is 110 Å². The molecule has 0 unspecified atom stereocenters. The Morgan fingerprint density at radius 1 is 1.39 bits per heavy atom. The van der Waals surface area contributed by atoms with Gasteiger partial charge in [0.15, 0.2) is 17.3 Å². The van der Waals surface area contributed by atoms with E-state index in [1.165, 1.54) is 19.8 Å². The summed E-state index contributed by atoms with van der Waals surface area (Å²) in [4.78, 5) is 15.9. The van der Waals surface area contributed by atoms with E-state index in [-0.39, 0.29) is 5.78 Å². The summed E-state index contributed by atoms with van der Waals surface area (Å²) in [5.41, 5.74) is 1.87. The first-order valence-electron chi connectivity index (χ1n) is 6.26. The lowest BCUT2D eigenvalue weighted by atomic mass is 10.1. The van der Waals surface area contributed by atoms with Crippen LogP contribution in [0.15, 0.2) is 16.5 Å². The monoisotopic (exact) mass is 263 g/mol. The Morgan fingerprint density at radius 2 is 2.11 bits per heavy atom. The maximum Gasteiger partial charge on any atom is 0.198 e. The molecule has 1 aromatic carbocycles. The summed E-state index contributed by atoms with van der Waals surface area (Å²) < 4.78 is 5.76. The quantitative estimate of drug-likeness (QED) is 0.757. The lowest BCUT2D eigenvalue weighted by Crippen LogP contribution is -1.92. The number of oxazole rings is 1. The summed E-state index contributed by atoms with van der Waals surface area (Å²) in [7, 11) is 0. The minimum absolute atomic E-state index is 0.00998. The van der Waals surface area contributed by atoms with Crippen LogP contribution in [0.2, 0.25) is 5.02 Å². The molecule has 18 heavy (non-hydrogen) atoms. The van der Waals surface area contributed by atoms with Crippen molar-refractivity contribution in [3.05, 3.63) is 28.6 Å². The number of benzene rings is 1. The molecule has 1 saturated carbocycles. The molecule has 0 spiro atoms. The summed E-state index contributed by atoms with van der Waals surface area (Å²) in [6, 6.07) is 3.40. The smallest absolute Gasteiger partial charge is 0.198 e. The number of halogens is 1. The first kappa shape index (κ1) is 11.7. The second-order valence-electron chi connectivity index (χ2n) is 4.90. The van der Waals surface area contributed by atoms with Crippen LogP contribution in [0.25, 0.3) is 11.1 Å². The van der Waals surface area contributed by atoms with Crippen LogP contribution in [-0.2, 0) is 0 Å². The molecule has 0 amide bonds. The third kappa shape index (κ3) is 1.93. The largest absolute Gasteiger partial charge is 0.439 e. The van der Waals surface area contributed by atoms with Gasteiger partial charge in [0.2, 0.25) is 0 Å². The molecule has 1 aliphatic carbocycles. The number of hydrogen-bond acceptors (Lipinski definition) is 3. The molecule has 3 rings (SSSR count). The third-order valence-electron chi connectivity index (χ3n) is 3.57. The van der Waals surface area contributed by atoms with Gasteiger partial charge in [-0.2, -0.15) is 0 Å². The summed E-state index contributed by atoms with van der Waals surface area (Å²) in [6.45, 7) is 1.52. The first-order chi connectivity index (χ1) is 8.65. The van der Waals surface area contributed by atoms with E-state index in [0.29, 0.717) is 27.6 Å². The number of ketones is 1. The average Bonchev–Trinajstić information content (AvgIpc) is 2.96. The molecule has 94 valence electrons. The van der Waals surface area contributed by atoms with Crippen LogP contribution in [-0.4, -0.2) is 10.8 Å². The van der Waals surface area contributed by atoms with Crippen molar-refractivity contribution in [2.45, 2.75) is 38.5 Å². The number of carbonyl (C=O) groups is 1. The zero-order valence-corrected chi connectivity index (χ0v) is 11.0. The molecule has 1 fully saturated rings. The summed E-state index contributed by atoms with van der Waals surface area (Å²) in [6.07, 6.45) is 4.72. The highest BCUT2D eigenvalue weighted by Gasteiger charge is 2.23. The molecule has 0 radical (unpaired) electrons. The highest BCUT2D eigenvalue weighted by Crippen LogP contribution is 2.36. The van der Waals surface area contributed by atoms with E-state index in [0.717, 1.165) is 18.7 Å². The normalized spacial score (nSPS) is 16.6. The zero-order chi connectivity index (χ0) is 12.7. The Balaban J connectivity index is 2.10. The van der Waals surface area contributed by atoms with Crippen LogP contribution in [0.4, 0.5) is 0 Å². The van der Waals surface area contributed by atoms with Gasteiger partial charge in [0.25, 0.3) is 0 Å². The number of carbonyl (C=O) groups excluding carboxylic acids is 1. The van der Waals surface area contributed by atoms with Crippen LogP contribution >= 0.6 is 11.6 Å². The Morgan fingerprint density at radius 3 is 2.78 bits per heavy atom. The molecule has 0 aliphatic heterocycles. The van der Waals surface area contributed by atoms with Crippen molar-refractivity contribution >= 4 is 28.5 Å². The van der Waals surface area contributed by atoms with Gasteiger partial charge in [-0.25, -0.2) is 4.98 Å². The van der Waals surface area contributed by atoms with Gasteiger partial charge < -0.3 is 4.42 Å². The van der Waals surface area contributed by atoms with Crippen LogP contribution in [0.1, 0.15) is 54.8 Å². The van der Waals surface area contributed by atoms with E-state index < -0.39 is 0 Å². The molecule has 3 nitrogen and oxygen atoms in total. The van der Waals surface area contributed by atoms with Gasteiger partial charge in [0.05, 0.1) is 5.02 Å². The minimum atomic E-state index is -0.00998. The van der Waals surface area contributed by atoms with Crippen molar-refractivity contribution in [1.29, 1.82) is 0 Å². The molecule has 1 aliphatic rings. The highest BCUT2D eigenvalue weighted by molar-refractivity contribution is 6.35. The van der Waals surface area contributed by atoms with Crippen molar-refractivity contribution in [1.82, 2.24) is 4.98 Å². The first-order valence-corrected chi connectivity index (χ1v) is 6.64. The van der Waals surface area contributed by atoms with Crippen LogP contribution in [0, 0.1) is 0 Å². The van der Waals surface area contributed by atoms with E-state index in [1.54, 1.807) is 12.1 Å². The molecule has 2 aromatic rings. The standard InChI is InChI=1S/C14H14ClNO2/c1-8(17)10-6-11(15)13-12(7-10)16-14(18-13)9-4-2-3-5-9/h6-7,9H,2-5H2,1H3. The molecule has 0 atom stereocenters. The number of aromatic nitrogens is 1. The van der Waals surface area contributed by atoms with Gasteiger partial charge in [0, 0.05) is 11.5 Å². The molecular weight excluding hydrogens is 250 g/mol. The SMILES string of the molecule is CC(=O)c1cc(Cl)c2oc(C3CCCC3)nc2c1. The van der Waals surface area contributed by atoms with Crippen molar-refractivity contribution in [2.24, 2.45) is 0 Å². The lowest BCUT2D eigenvalue weighted by Gasteiger charge is -2.00. The predicted octanol–water partition coefficient (Wildman–Crippen LogP) is 4.34. The second kappa shape index (κ2) is 4.39. The number of hydrogen-bond donors (Lipinski definition) is 0. The molecule has 4 heteroatoms. The Hall–Kier alpha value is -1.35. The minimum Gasteiger partial charge on any atom is -0.439 e. The van der Waals surface area contributed by atoms with E-state index in [2.05, 4.69) is 4.98 Å². The number of Topliss-reactive ketones (excluding diaryl/α,β-unsaturated/α-hetero) is 1. The van der Waals surface area contributed by atoms with Gasteiger partial charge in [-0.15, -0.1) is 0 Å². The lowest BCUT2D eigenvalue weighted by molar-refractivity contribution is 0.101. The summed E-state index contributed by atoms with van der Waals surface area (Å²) >= 11 is 6.14. The van der Waals surface area contributed by atoms with Gasteiger partial charge in [-0.05, 0) is 31.9 Å². The molecule has 1 aromatic heterocycles. The van der Waals surface area contributed by atoms with E-state index in [4.69, 9.17) is 16.0 Å². The van der Waals surface area contributed by atoms with Crippen molar-refractivity contribution in [3.63, 3.8) is 0 Å². The van der Waals surface area contributed by atoms with Crippen LogP contribution in [0.5, 0.6) is 0 Å². The maximum atomic E-state index is 11.4. The summed E-state index contributed by atoms with van der Waals surface area (Å²) in [5, 5.41) is 0.467. The van der Waals surface area contributed by atoms with Gasteiger partial charge >= 0.3 is 0 Å². The van der Waals surface area contributed by atoms with Gasteiger partial charge in [-0.3, -0.25) is 4.79 Å². The molecular formula is C14H14ClNO2. The number of nitrogens with zero attached hydrogens (tertiary/aromatic N) is 1. The van der Waals surface area contributed by atoms with E-state index in [1.807, 2.05) is 0 Å². The topological polar surface area (TPSA) is 43.1 Å². The summed E-state index contributed by atoms with van der Waals surface area (Å²) in [5.74, 6) is 1.17. The predicted molar refractivity (Wildman–Crippen MR) is 70.2 cm³/mol. The number of fused-ring (bicyclic) bond motifs is 1. The van der Waals surface area contributed by atoms with E-state index in [9.17, 15) is 4.79 Å². The fourth-order valence-corrected chi connectivity index (χ4v) is 2.81. The number of rotatable bonds is 2. The second-order valence-corrected chi connectivity index (χ2v) is 5.30. The van der Waals surface area contributed by atoms with Crippen molar-refractivity contribution in [3.8, 4) is 0 Å². The van der Waals surface area contributed by atoms with Gasteiger partial charge in [-0.1, -0.05) is 24.4 Å². The van der Waals surface area contributed by atoms with E-state index >= 15 is 0 Å². The van der Waals surface area contributed by atoms with Crippen LogP contribution < -0.4 is 0 Å². The highest BCUT2D eigenvalue weighted by atomic mass is 35.5. The van der Waals surface area contributed by atoms with Crippen molar-refractivity contribution < 1.29 is 9.21 Å².